The Balaban J connectivity index is 1.37. The highest BCUT2D eigenvalue weighted by atomic mass is 32.1. The Kier molecular flexibility index (Phi) is 3.47. The van der Waals surface area contributed by atoms with Gasteiger partial charge < -0.3 is 5.32 Å². The second-order valence-electron chi connectivity index (χ2n) is 9.65. The Hall–Kier alpha value is -4.41. The van der Waals surface area contributed by atoms with Crippen LogP contribution in [0.25, 0.3) is 52.9 Å². The number of fused-ring (bicyclic) bond motifs is 11. The molecule has 0 amide bonds. The summed E-state index contributed by atoms with van der Waals surface area (Å²) in [4.78, 5) is 5.22. The number of anilines is 1. The zero-order valence-electron chi connectivity index (χ0n) is 19.2. The summed E-state index contributed by atoms with van der Waals surface area (Å²) in [6.07, 6.45) is 6.66. The molecule has 4 heteroatoms. The molecule has 4 aromatic carbocycles. The SMILES string of the molecule is C1=CC2=Nc3c(n4c5c3cccc5c3ccc5c6ccccc6sc5c34)NC2C=C1c1ccccc1. The normalized spacial score (nSPS) is 17.1. The molecule has 3 aromatic heterocycles. The minimum atomic E-state index is 0.0346. The van der Waals surface area contributed by atoms with Gasteiger partial charge in [0.05, 0.1) is 27.5 Å². The topological polar surface area (TPSA) is 28.8 Å². The molecule has 1 atom stereocenters. The highest BCUT2D eigenvalue weighted by Gasteiger charge is 2.30. The lowest BCUT2D eigenvalue weighted by atomic mass is 9.94. The van der Waals surface area contributed by atoms with E-state index in [0.29, 0.717) is 0 Å². The van der Waals surface area contributed by atoms with Crippen LogP contribution in [0.2, 0.25) is 0 Å². The fourth-order valence-corrected chi connectivity index (χ4v) is 7.38. The van der Waals surface area contributed by atoms with Crippen LogP contribution in [0.3, 0.4) is 0 Å². The van der Waals surface area contributed by atoms with Gasteiger partial charge in [0, 0.05) is 31.6 Å². The molecule has 4 heterocycles. The lowest BCUT2D eigenvalue weighted by molar-refractivity contribution is 1.09. The Morgan fingerprint density at radius 2 is 1.47 bits per heavy atom. The van der Waals surface area contributed by atoms with Crippen LogP contribution in [0.15, 0.2) is 108 Å². The molecule has 2 aliphatic rings. The quantitative estimate of drug-likeness (QED) is 0.252. The number of aliphatic imine (C=N–C) groups is 1. The monoisotopic (exact) mass is 477 g/mol. The largest absolute Gasteiger partial charge is 0.357 e. The highest BCUT2D eigenvalue weighted by Crippen LogP contribution is 2.49. The van der Waals surface area contributed by atoms with Crippen molar-refractivity contribution in [2.45, 2.75) is 6.04 Å². The molecule has 168 valence electrons. The van der Waals surface area contributed by atoms with Crippen LogP contribution in [-0.4, -0.2) is 16.2 Å². The molecule has 7 aromatic rings. The number of benzene rings is 4. The number of nitrogens with one attached hydrogen (secondary N) is 1. The summed E-state index contributed by atoms with van der Waals surface area (Å²) >= 11 is 1.89. The number of para-hydroxylation sites is 1. The van der Waals surface area contributed by atoms with E-state index in [1.54, 1.807) is 0 Å². The van der Waals surface area contributed by atoms with Gasteiger partial charge in [0.25, 0.3) is 0 Å². The average Bonchev–Trinajstić information content (AvgIpc) is 3.58. The molecule has 0 saturated carbocycles. The van der Waals surface area contributed by atoms with Crippen molar-refractivity contribution in [1.29, 1.82) is 0 Å². The van der Waals surface area contributed by atoms with Crippen LogP contribution in [0.4, 0.5) is 11.5 Å². The second-order valence-corrected chi connectivity index (χ2v) is 10.7. The number of nitrogens with zero attached hydrogens (tertiary/aromatic N) is 2. The molecule has 0 fully saturated rings. The van der Waals surface area contributed by atoms with Gasteiger partial charge >= 0.3 is 0 Å². The molecule has 9 rings (SSSR count). The van der Waals surface area contributed by atoms with Crippen molar-refractivity contribution in [2.75, 3.05) is 5.32 Å². The summed E-state index contributed by atoms with van der Waals surface area (Å²) in [5.74, 6) is 1.09. The number of aromatic nitrogens is 1. The van der Waals surface area contributed by atoms with Gasteiger partial charge in [-0.2, -0.15) is 0 Å². The van der Waals surface area contributed by atoms with E-state index in [2.05, 4.69) is 113 Å². The minimum absolute atomic E-state index is 0.0346. The third-order valence-corrected chi connectivity index (χ3v) is 8.93. The third kappa shape index (κ3) is 2.30. The van der Waals surface area contributed by atoms with Gasteiger partial charge in [0.1, 0.15) is 11.5 Å². The summed E-state index contributed by atoms with van der Waals surface area (Å²) in [5, 5.41) is 10.3. The van der Waals surface area contributed by atoms with Crippen molar-refractivity contribution >= 4 is 81.5 Å². The van der Waals surface area contributed by atoms with E-state index in [1.165, 1.54) is 58.5 Å². The van der Waals surface area contributed by atoms with Crippen LogP contribution in [0.5, 0.6) is 0 Å². The molecular weight excluding hydrogens is 458 g/mol. The lowest BCUT2D eigenvalue weighted by Crippen LogP contribution is -2.31. The fourth-order valence-electron chi connectivity index (χ4n) is 6.14. The van der Waals surface area contributed by atoms with E-state index in [4.69, 9.17) is 4.99 Å². The predicted molar refractivity (Wildman–Crippen MR) is 155 cm³/mol. The Morgan fingerprint density at radius 1 is 0.694 bits per heavy atom. The van der Waals surface area contributed by atoms with Crippen molar-refractivity contribution in [3.05, 3.63) is 109 Å². The van der Waals surface area contributed by atoms with E-state index < -0.39 is 0 Å². The maximum atomic E-state index is 5.22. The summed E-state index contributed by atoms with van der Waals surface area (Å²) in [5.41, 5.74) is 7.10. The smallest absolute Gasteiger partial charge is 0.139 e. The fraction of sp³-hybridized carbons (Fsp3) is 0.0312. The van der Waals surface area contributed by atoms with Crippen LogP contribution in [0.1, 0.15) is 5.56 Å². The zero-order chi connectivity index (χ0) is 23.4. The lowest BCUT2D eigenvalue weighted by Gasteiger charge is -2.25. The van der Waals surface area contributed by atoms with Crippen molar-refractivity contribution in [3.8, 4) is 0 Å². The first-order chi connectivity index (χ1) is 17.8. The Morgan fingerprint density at radius 3 is 2.42 bits per heavy atom. The van der Waals surface area contributed by atoms with E-state index in [0.717, 1.165) is 17.2 Å². The Labute approximate surface area is 210 Å². The van der Waals surface area contributed by atoms with Crippen LogP contribution in [-0.2, 0) is 0 Å². The van der Waals surface area contributed by atoms with E-state index in [1.807, 2.05) is 11.3 Å². The number of thiophene rings is 1. The molecule has 0 spiro atoms. The van der Waals surface area contributed by atoms with Gasteiger partial charge in [-0.25, -0.2) is 4.99 Å². The number of rotatable bonds is 1. The maximum absolute atomic E-state index is 5.22. The van der Waals surface area contributed by atoms with Crippen molar-refractivity contribution < 1.29 is 0 Å². The second kappa shape index (κ2) is 6.62. The molecular formula is C32H19N3S. The molecule has 1 unspecified atom stereocenters. The first-order valence-electron chi connectivity index (χ1n) is 12.3. The Bertz CT molecular complexity index is 2120. The molecule has 1 aliphatic heterocycles. The van der Waals surface area contributed by atoms with Crippen molar-refractivity contribution in [2.24, 2.45) is 4.99 Å². The molecule has 1 N–H and O–H groups in total. The van der Waals surface area contributed by atoms with Crippen LogP contribution >= 0.6 is 11.3 Å². The van der Waals surface area contributed by atoms with E-state index in [9.17, 15) is 0 Å². The first kappa shape index (κ1) is 18.9. The summed E-state index contributed by atoms with van der Waals surface area (Å²) in [6.45, 7) is 0. The summed E-state index contributed by atoms with van der Waals surface area (Å²) in [6, 6.07) is 30.6. The van der Waals surface area contributed by atoms with Gasteiger partial charge in [-0.15, -0.1) is 11.3 Å². The van der Waals surface area contributed by atoms with Gasteiger partial charge in [-0.05, 0) is 29.4 Å². The van der Waals surface area contributed by atoms with Crippen molar-refractivity contribution in [3.63, 3.8) is 0 Å². The first-order valence-corrected chi connectivity index (χ1v) is 13.1. The van der Waals surface area contributed by atoms with E-state index in [-0.39, 0.29) is 6.04 Å². The number of allylic oxidation sites excluding steroid dienone is 2. The standard InChI is InChI=1S/C32H19N3S/c1-2-7-18(8-3-1)19-13-16-25-26(17-19)34-32-28(33-25)24-11-6-10-21-22-14-15-23-20-9-4-5-12-27(20)36-31(23)30(22)35(32)29(21)24/h1-17,26,34H. The highest BCUT2D eigenvalue weighted by molar-refractivity contribution is 7.26. The third-order valence-electron chi connectivity index (χ3n) is 7.74. The molecule has 0 radical (unpaired) electrons. The van der Waals surface area contributed by atoms with E-state index >= 15 is 0 Å². The number of hydrogen-bond acceptors (Lipinski definition) is 3. The molecule has 36 heavy (non-hydrogen) atoms. The van der Waals surface area contributed by atoms with Gasteiger partial charge in [-0.3, -0.25) is 4.40 Å². The molecule has 0 saturated heterocycles. The molecule has 0 bridgehead atoms. The van der Waals surface area contributed by atoms with Gasteiger partial charge in [0.15, 0.2) is 0 Å². The molecule has 1 aliphatic carbocycles. The predicted octanol–water partition coefficient (Wildman–Crippen LogP) is 8.57. The summed E-state index contributed by atoms with van der Waals surface area (Å²) < 4.78 is 5.11. The zero-order valence-corrected chi connectivity index (χ0v) is 20.0. The molecule has 3 nitrogen and oxygen atoms in total. The van der Waals surface area contributed by atoms with Crippen molar-refractivity contribution in [1.82, 2.24) is 4.40 Å². The minimum Gasteiger partial charge on any atom is -0.357 e. The summed E-state index contributed by atoms with van der Waals surface area (Å²) in [7, 11) is 0. The maximum Gasteiger partial charge on any atom is 0.139 e. The van der Waals surface area contributed by atoms with Crippen LogP contribution in [0, 0.1) is 0 Å². The van der Waals surface area contributed by atoms with Gasteiger partial charge in [0.2, 0.25) is 0 Å². The number of hydrogen-bond donors (Lipinski definition) is 1. The van der Waals surface area contributed by atoms with Crippen LogP contribution < -0.4 is 5.32 Å². The average molecular weight is 478 g/mol. The van der Waals surface area contributed by atoms with Gasteiger partial charge in [-0.1, -0.05) is 84.9 Å².